The van der Waals surface area contributed by atoms with Crippen LogP contribution in [0, 0.1) is 5.82 Å². The van der Waals surface area contributed by atoms with Crippen molar-refractivity contribution in [2.75, 3.05) is 0 Å². The first-order valence-corrected chi connectivity index (χ1v) is 8.03. The summed E-state index contributed by atoms with van der Waals surface area (Å²) < 4.78 is 47.4. The second-order valence-electron chi connectivity index (χ2n) is 4.83. The maximum atomic E-state index is 12.9. The second kappa shape index (κ2) is 5.63. The van der Waals surface area contributed by atoms with Crippen LogP contribution in [0.5, 0.6) is 5.88 Å². The van der Waals surface area contributed by atoms with E-state index >= 15 is 0 Å². The lowest BCUT2D eigenvalue weighted by Gasteiger charge is -2.22. The van der Waals surface area contributed by atoms with Gasteiger partial charge in [0.2, 0.25) is 0 Å². The number of carboxylic acid groups (broad SMARTS) is 1. The molecule has 1 aliphatic rings. The molecule has 8 nitrogen and oxygen atoms in total. The summed E-state index contributed by atoms with van der Waals surface area (Å²) in [5.74, 6) is -0.512. The number of rotatable bonds is 3. The molecule has 0 spiro atoms. The largest absolute Gasteiger partial charge is 0.512 e. The summed E-state index contributed by atoms with van der Waals surface area (Å²) in [6, 6.07) is 4.49. The van der Waals surface area contributed by atoms with Crippen LogP contribution in [0.25, 0.3) is 0 Å². The molecule has 10 heteroatoms. The fraction of sp³-hybridized carbons (Fsp3) is 0.231. The molecule has 0 amide bonds. The third kappa shape index (κ3) is 2.90. The standard InChI is InChI=1S/C13H11FN2O6S/c14-7-1-3-8(4-2-7)23(19,20)11-5-10-9(6-15-11)12(16-22-10)21-13(17)18/h1-4,11,15H,5-6H2,(H,17,18). The zero-order chi connectivity index (χ0) is 16.6. The number of hydrogen-bond donors (Lipinski definition) is 2. The monoisotopic (exact) mass is 342 g/mol. The molecular formula is C13H11FN2O6S. The summed E-state index contributed by atoms with van der Waals surface area (Å²) in [6.07, 6.45) is -1.59. The number of nitrogens with one attached hydrogen (secondary N) is 1. The summed E-state index contributed by atoms with van der Waals surface area (Å²) >= 11 is 0. The third-order valence-electron chi connectivity index (χ3n) is 3.41. The molecule has 0 radical (unpaired) electrons. The molecule has 23 heavy (non-hydrogen) atoms. The van der Waals surface area contributed by atoms with E-state index < -0.39 is 27.2 Å². The van der Waals surface area contributed by atoms with Crippen LogP contribution in [0.1, 0.15) is 11.3 Å². The fourth-order valence-corrected chi connectivity index (χ4v) is 3.81. The van der Waals surface area contributed by atoms with Gasteiger partial charge in [-0.1, -0.05) is 0 Å². The van der Waals surface area contributed by atoms with E-state index in [-0.39, 0.29) is 29.5 Å². The average Bonchev–Trinajstić information content (AvgIpc) is 2.89. The molecule has 1 aliphatic heterocycles. The molecule has 1 aromatic heterocycles. The average molecular weight is 342 g/mol. The Balaban J connectivity index is 1.85. The number of nitrogens with zero attached hydrogens (tertiary/aromatic N) is 1. The van der Waals surface area contributed by atoms with Gasteiger partial charge in [-0.05, 0) is 29.4 Å². The van der Waals surface area contributed by atoms with Crippen molar-refractivity contribution in [3.63, 3.8) is 0 Å². The highest BCUT2D eigenvalue weighted by Gasteiger charge is 2.35. The quantitative estimate of drug-likeness (QED) is 0.633. The smallest absolute Gasteiger partial charge is 0.449 e. The zero-order valence-electron chi connectivity index (χ0n) is 11.5. The van der Waals surface area contributed by atoms with Crippen molar-refractivity contribution in [3.8, 4) is 5.88 Å². The maximum Gasteiger partial charge on any atom is 0.512 e. The van der Waals surface area contributed by atoms with Gasteiger partial charge >= 0.3 is 6.16 Å². The number of fused-ring (bicyclic) bond motifs is 1. The van der Waals surface area contributed by atoms with Gasteiger partial charge in [-0.2, -0.15) is 0 Å². The summed E-state index contributed by atoms with van der Waals surface area (Å²) in [6.45, 7) is 0.0204. The first kappa shape index (κ1) is 15.4. The van der Waals surface area contributed by atoms with E-state index in [1.54, 1.807) is 0 Å². The van der Waals surface area contributed by atoms with Crippen molar-refractivity contribution in [2.45, 2.75) is 23.2 Å². The van der Waals surface area contributed by atoms with E-state index in [1.165, 1.54) is 12.1 Å². The van der Waals surface area contributed by atoms with E-state index in [0.29, 0.717) is 5.56 Å². The molecule has 3 rings (SSSR count). The van der Waals surface area contributed by atoms with Crippen molar-refractivity contribution in [1.82, 2.24) is 10.5 Å². The van der Waals surface area contributed by atoms with E-state index in [4.69, 9.17) is 9.63 Å². The predicted molar refractivity (Wildman–Crippen MR) is 73.1 cm³/mol. The fourth-order valence-electron chi connectivity index (χ4n) is 2.29. The number of ether oxygens (including phenoxy) is 1. The Morgan fingerprint density at radius 1 is 1.39 bits per heavy atom. The molecule has 2 heterocycles. The minimum atomic E-state index is -3.76. The first-order valence-electron chi connectivity index (χ1n) is 6.49. The molecule has 0 bridgehead atoms. The second-order valence-corrected chi connectivity index (χ2v) is 6.96. The highest BCUT2D eigenvalue weighted by Crippen LogP contribution is 2.29. The molecule has 1 aromatic carbocycles. The van der Waals surface area contributed by atoms with Gasteiger partial charge in [-0.15, -0.1) is 0 Å². The molecule has 122 valence electrons. The van der Waals surface area contributed by atoms with Crippen molar-refractivity contribution in [1.29, 1.82) is 0 Å². The Kier molecular flexibility index (Phi) is 3.78. The normalized spacial score (nSPS) is 17.5. The maximum absolute atomic E-state index is 12.9. The van der Waals surface area contributed by atoms with Gasteiger partial charge in [-0.3, -0.25) is 5.32 Å². The Morgan fingerprint density at radius 3 is 2.74 bits per heavy atom. The Bertz CT molecular complexity index is 846. The van der Waals surface area contributed by atoms with Gasteiger partial charge in [-0.25, -0.2) is 17.6 Å². The van der Waals surface area contributed by atoms with Gasteiger partial charge in [0.1, 0.15) is 17.0 Å². The Morgan fingerprint density at radius 2 is 2.09 bits per heavy atom. The Labute approximate surface area is 129 Å². The van der Waals surface area contributed by atoms with E-state index in [2.05, 4.69) is 15.2 Å². The molecule has 0 saturated carbocycles. The van der Waals surface area contributed by atoms with Crippen LogP contribution < -0.4 is 10.1 Å². The summed E-state index contributed by atoms with van der Waals surface area (Å²) in [5.41, 5.74) is 0.359. The van der Waals surface area contributed by atoms with Gasteiger partial charge in [0.25, 0.3) is 5.88 Å². The van der Waals surface area contributed by atoms with Gasteiger partial charge < -0.3 is 14.4 Å². The van der Waals surface area contributed by atoms with Crippen LogP contribution in [0.3, 0.4) is 0 Å². The van der Waals surface area contributed by atoms with E-state index in [9.17, 15) is 17.6 Å². The number of sulfone groups is 1. The highest BCUT2D eigenvalue weighted by atomic mass is 32.2. The van der Waals surface area contributed by atoms with Crippen LogP contribution in [0.2, 0.25) is 0 Å². The van der Waals surface area contributed by atoms with Crippen LogP contribution in [0.4, 0.5) is 9.18 Å². The van der Waals surface area contributed by atoms with Crippen molar-refractivity contribution < 1.29 is 32.0 Å². The van der Waals surface area contributed by atoms with Crippen molar-refractivity contribution in [2.24, 2.45) is 0 Å². The van der Waals surface area contributed by atoms with E-state index in [1.807, 2.05) is 0 Å². The lowest BCUT2D eigenvalue weighted by Crippen LogP contribution is -2.41. The van der Waals surface area contributed by atoms with Crippen LogP contribution in [0.15, 0.2) is 33.7 Å². The topological polar surface area (TPSA) is 119 Å². The lowest BCUT2D eigenvalue weighted by molar-refractivity contribution is 0.140. The van der Waals surface area contributed by atoms with Crippen molar-refractivity contribution in [3.05, 3.63) is 41.4 Å². The molecule has 0 fully saturated rings. The molecule has 2 aromatic rings. The first-order chi connectivity index (χ1) is 10.9. The third-order valence-corrected chi connectivity index (χ3v) is 5.42. The summed E-state index contributed by atoms with van der Waals surface area (Å²) in [4.78, 5) is 10.5. The molecule has 0 aliphatic carbocycles. The number of carbonyl (C=O) groups is 1. The molecule has 1 atom stereocenters. The summed E-state index contributed by atoms with van der Waals surface area (Å²) in [5, 5.41) is 13.8. The van der Waals surface area contributed by atoms with Crippen LogP contribution in [-0.4, -0.2) is 30.2 Å². The zero-order valence-corrected chi connectivity index (χ0v) is 12.3. The minimum Gasteiger partial charge on any atom is -0.449 e. The predicted octanol–water partition coefficient (Wildman–Crippen LogP) is 1.32. The molecule has 0 saturated heterocycles. The van der Waals surface area contributed by atoms with Crippen LogP contribution in [-0.2, 0) is 22.8 Å². The number of benzene rings is 1. The molecule has 1 unspecified atom stereocenters. The minimum absolute atomic E-state index is 0.0204. The molecule has 2 N–H and O–H groups in total. The lowest BCUT2D eigenvalue weighted by atomic mass is 10.1. The van der Waals surface area contributed by atoms with Gasteiger partial charge in [0.05, 0.1) is 10.5 Å². The van der Waals surface area contributed by atoms with Crippen molar-refractivity contribution >= 4 is 16.0 Å². The van der Waals surface area contributed by atoms with E-state index in [0.717, 1.165) is 12.1 Å². The SMILES string of the molecule is O=C(O)Oc1noc2c1CNC(S(=O)(=O)c1ccc(F)cc1)C2. The number of hydrogen-bond acceptors (Lipinski definition) is 7. The Hall–Kier alpha value is -2.46. The van der Waals surface area contributed by atoms with Gasteiger partial charge in [0, 0.05) is 13.0 Å². The van der Waals surface area contributed by atoms with Crippen LogP contribution >= 0.6 is 0 Å². The van der Waals surface area contributed by atoms with Gasteiger partial charge in [0.15, 0.2) is 9.84 Å². The molecular weight excluding hydrogens is 331 g/mol. The number of halogens is 1. The number of aromatic nitrogens is 1. The summed E-state index contributed by atoms with van der Waals surface area (Å²) in [7, 11) is -3.76. The highest BCUT2D eigenvalue weighted by molar-refractivity contribution is 7.92.